The van der Waals surface area contributed by atoms with Gasteiger partial charge in [0.25, 0.3) is 5.91 Å². The van der Waals surface area contributed by atoms with Gasteiger partial charge in [-0.15, -0.1) is 11.3 Å². The average Bonchev–Trinajstić information content (AvgIpc) is 3.31. The van der Waals surface area contributed by atoms with Gasteiger partial charge in [-0.05, 0) is 61.4 Å². The summed E-state index contributed by atoms with van der Waals surface area (Å²) in [7, 11) is 1.67. The van der Waals surface area contributed by atoms with Gasteiger partial charge >= 0.3 is 0 Å². The molecule has 0 spiro atoms. The van der Waals surface area contributed by atoms with Gasteiger partial charge in [0.05, 0.1) is 24.2 Å². The van der Waals surface area contributed by atoms with E-state index in [1.807, 2.05) is 34.7 Å². The number of halogens is 1. The highest BCUT2D eigenvalue weighted by molar-refractivity contribution is 7.20. The number of aromatic nitrogens is 2. The van der Waals surface area contributed by atoms with Crippen LogP contribution in [0.15, 0.2) is 54.6 Å². The molecule has 0 N–H and O–H groups in total. The van der Waals surface area contributed by atoms with Gasteiger partial charge in [-0.3, -0.25) is 9.48 Å². The Morgan fingerprint density at radius 2 is 1.82 bits per heavy atom. The summed E-state index contributed by atoms with van der Waals surface area (Å²) in [5.41, 5.74) is 3.01. The van der Waals surface area contributed by atoms with Crippen LogP contribution in [-0.2, 0) is 6.54 Å². The summed E-state index contributed by atoms with van der Waals surface area (Å²) in [4.78, 5) is 19.4. The summed E-state index contributed by atoms with van der Waals surface area (Å²) in [6.07, 6.45) is 0.917. The number of hydrogen-bond acceptors (Lipinski definition) is 5. The summed E-state index contributed by atoms with van der Waals surface area (Å²) < 4.78 is 20.4. The Balaban J connectivity index is 1.31. The molecule has 0 bridgehead atoms. The quantitative estimate of drug-likeness (QED) is 0.407. The first-order valence-electron chi connectivity index (χ1n) is 11.4. The van der Waals surface area contributed by atoms with Gasteiger partial charge in [-0.25, -0.2) is 4.39 Å². The fourth-order valence-electron chi connectivity index (χ4n) is 4.42. The number of fused-ring (bicyclic) bond motifs is 1. The molecule has 2 aromatic heterocycles. The normalized spacial score (nSPS) is 14.4. The number of carbonyl (C=O) groups is 1. The van der Waals surface area contributed by atoms with Gasteiger partial charge in [0.2, 0.25) is 0 Å². The molecule has 0 aliphatic carbocycles. The molecule has 176 valence electrons. The number of nitrogens with zero attached hydrogens (tertiary/aromatic N) is 4. The molecule has 0 radical (unpaired) electrons. The first-order chi connectivity index (χ1) is 16.5. The van der Waals surface area contributed by atoms with E-state index in [1.165, 1.54) is 23.5 Å². The average molecular weight is 479 g/mol. The molecule has 0 unspecified atom stereocenters. The molecule has 6 nitrogen and oxygen atoms in total. The smallest absolute Gasteiger partial charge is 0.264 e. The largest absolute Gasteiger partial charge is 0.497 e. The highest BCUT2D eigenvalue weighted by Crippen LogP contribution is 2.30. The van der Waals surface area contributed by atoms with Crippen LogP contribution in [0.4, 0.5) is 10.1 Å². The Bertz CT molecular complexity index is 1300. The Kier molecular flexibility index (Phi) is 6.24. The van der Waals surface area contributed by atoms with Crippen LogP contribution in [-0.4, -0.2) is 53.9 Å². The zero-order valence-corrected chi connectivity index (χ0v) is 20.1. The van der Waals surface area contributed by atoms with Gasteiger partial charge in [0.1, 0.15) is 16.4 Å². The fourth-order valence-corrected chi connectivity index (χ4v) is 5.54. The van der Waals surface area contributed by atoms with Crippen LogP contribution >= 0.6 is 11.3 Å². The van der Waals surface area contributed by atoms with Crippen molar-refractivity contribution in [1.82, 2.24) is 14.7 Å². The van der Waals surface area contributed by atoms with Gasteiger partial charge in [-0.1, -0.05) is 12.1 Å². The Labute approximate surface area is 202 Å². The summed E-state index contributed by atoms with van der Waals surface area (Å²) >= 11 is 1.48. The Hall–Kier alpha value is -3.39. The lowest BCUT2D eigenvalue weighted by Gasteiger charge is -2.23. The van der Waals surface area contributed by atoms with Crippen molar-refractivity contribution >= 4 is 33.1 Å². The molecular formula is C26H27FN4O2S. The highest BCUT2D eigenvalue weighted by Gasteiger charge is 2.24. The third kappa shape index (κ3) is 4.50. The van der Waals surface area contributed by atoms with E-state index in [2.05, 4.69) is 22.1 Å². The van der Waals surface area contributed by atoms with E-state index in [0.717, 1.165) is 63.8 Å². The van der Waals surface area contributed by atoms with Crippen molar-refractivity contribution in [1.29, 1.82) is 0 Å². The maximum absolute atomic E-state index is 13.4. The number of methoxy groups -OCH3 is 1. The summed E-state index contributed by atoms with van der Waals surface area (Å²) in [5, 5.41) is 5.65. The van der Waals surface area contributed by atoms with Gasteiger partial charge in [-0.2, -0.15) is 5.10 Å². The predicted molar refractivity (Wildman–Crippen MR) is 134 cm³/mol. The molecule has 1 aliphatic heterocycles. The van der Waals surface area contributed by atoms with Crippen LogP contribution in [0.25, 0.3) is 10.2 Å². The van der Waals surface area contributed by atoms with Crippen LogP contribution < -0.4 is 9.64 Å². The lowest BCUT2D eigenvalue weighted by molar-refractivity contribution is 0.0772. The van der Waals surface area contributed by atoms with Crippen LogP contribution in [0.3, 0.4) is 0 Å². The molecule has 1 aliphatic rings. The topological polar surface area (TPSA) is 50.6 Å². The number of ether oxygens (including phenoxy) is 1. The van der Waals surface area contributed by atoms with Crippen LogP contribution in [0, 0.1) is 12.7 Å². The van der Waals surface area contributed by atoms with E-state index >= 15 is 0 Å². The molecule has 0 atom stereocenters. The standard InChI is InChI=1S/C26H27FN4O2S/c1-18-23-16-24(34-26(23)31(28-18)17-19-4-6-20(27)7-5-19)25(32)30-13-3-12-29(14-15-30)21-8-10-22(33-2)11-9-21/h4-11,16H,3,12-15,17H2,1-2H3. The van der Waals surface area contributed by atoms with Crippen molar-refractivity contribution in [3.63, 3.8) is 0 Å². The zero-order chi connectivity index (χ0) is 23.7. The summed E-state index contributed by atoms with van der Waals surface area (Å²) in [6, 6.07) is 16.5. The van der Waals surface area contributed by atoms with E-state index in [4.69, 9.17) is 4.74 Å². The van der Waals surface area contributed by atoms with Crippen LogP contribution in [0.2, 0.25) is 0 Å². The molecule has 2 aromatic carbocycles. The molecule has 4 aromatic rings. The maximum Gasteiger partial charge on any atom is 0.264 e. The van der Waals surface area contributed by atoms with Crippen molar-refractivity contribution < 1.29 is 13.9 Å². The van der Waals surface area contributed by atoms with Crippen molar-refractivity contribution in [3.8, 4) is 5.75 Å². The Morgan fingerprint density at radius 3 is 2.56 bits per heavy atom. The number of hydrogen-bond donors (Lipinski definition) is 0. The van der Waals surface area contributed by atoms with Gasteiger partial charge < -0.3 is 14.5 Å². The van der Waals surface area contributed by atoms with E-state index in [-0.39, 0.29) is 11.7 Å². The van der Waals surface area contributed by atoms with Crippen molar-refractivity contribution in [2.45, 2.75) is 19.9 Å². The number of carbonyl (C=O) groups excluding carboxylic acids is 1. The molecule has 34 heavy (non-hydrogen) atoms. The number of amides is 1. The number of aryl methyl sites for hydroxylation is 1. The van der Waals surface area contributed by atoms with Crippen molar-refractivity contribution in [2.24, 2.45) is 0 Å². The zero-order valence-electron chi connectivity index (χ0n) is 19.3. The lowest BCUT2D eigenvalue weighted by atomic mass is 10.2. The minimum atomic E-state index is -0.252. The van der Waals surface area contributed by atoms with E-state index in [0.29, 0.717) is 13.1 Å². The number of anilines is 1. The maximum atomic E-state index is 13.4. The molecule has 0 saturated carbocycles. The van der Waals surface area contributed by atoms with Gasteiger partial charge in [0.15, 0.2) is 0 Å². The Morgan fingerprint density at radius 1 is 1.06 bits per heavy atom. The van der Waals surface area contributed by atoms with Crippen LogP contribution in [0.1, 0.15) is 27.3 Å². The van der Waals surface area contributed by atoms with E-state index in [9.17, 15) is 9.18 Å². The number of benzene rings is 2. The minimum absolute atomic E-state index is 0.0745. The predicted octanol–water partition coefficient (Wildman–Crippen LogP) is 4.95. The molecule has 3 heterocycles. The van der Waals surface area contributed by atoms with Gasteiger partial charge in [0, 0.05) is 37.3 Å². The first kappa shape index (κ1) is 22.4. The minimum Gasteiger partial charge on any atom is -0.497 e. The monoisotopic (exact) mass is 478 g/mol. The number of thiophene rings is 1. The third-order valence-corrected chi connectivity index (χ3v) is 7.42. The molecule has 1 fully saturated rings. The SMILES string of the molecule is COc1ccc(N2CCCN(C(=O)c3cc4c(C)nn(Cc5ccc(F)cc5)c4s3)CC2)cc1. The summed E-state index contributed by atoms with van der Waals surface area (Å²) in [6.45, 7) is 5.62. The second-order valence-corrected chi connectivity index (χ2v) is 9.56. The van der Waals surface area contributed by atoms with E-state index < -0.39 is 0 Å². The fraction of sp³-hybridized carbons (Fsp3) is 0.308. The second-order valence-electron chi connectivity index (χ2n) is 8.53. The molecular weight excluding hydrogens is 451 g/mol. The third-order valence-electron chi connectivity index (χ3n) is 6.28. The molecule has 1 saturated heterocycles. The van der Waals surface area contributed by atoms with Crippen molar-refractivity contribution in [2.75, 3.05) is 38.2 Å². The number of rotatable bonds is 5. The second kappa shape index (κ2) is 9.46. The van der Waals surface area contributed by atoms with Crippen molar-refractivity contribution in [3.05, 3.63) is 76.5 Å². The molecule has 5 rings (SSSR count). The van der Waals surface area contributed by atoms with Crippen LogP contribution in [0.5, 0.6) is 5.75 Å². The lowest BCUT2D eigenvalue weighted by Crippen LogP contribution is -2.34. The summed E-state index contributed by atoms with van der Waals surface area (Å²) in [5.74, 6) is 0.663. The first-order valence-corrected chi connectivity index (χ1v) is 12.2. The van der Waals surface area contributed by atoms with E-state index in [1.54, 1.807) is 19.2 Å². The molecule has 1 amide bonds. The highest BCUT2D eigenvalue weighted by atomic mass is 32.1. The molecule has 8 heteroatoms.